The first kappa shape index (κ1) is 15.3. The fourth-order valence-corrected chi connectivity index (χ4v) is 3.33. The van der Waals surface area contributed by atoms with Crippen molar-refractivity contribution >= 4 is 33.2 Å². The van der Waals surface area contributed by atoms with Crippen molar-refractivity contribution in [3.05, 3.63) is 55.7 Å². The number of hydrogen-bond acceptors (Lipinski definition) is 2. The van der Waals surface area contributed by atoms with Crippen LogP contribution in [0.4, 0.5) is 0 Å². The molecule has 0 radical (unpaired) electrons. The van der Waals surface area contributed by atoms with Gasteiger partial charge in [-0.1, -0.05) is 22.0 Å². The topological polar surface area (TPSA) is 20.3 Å². The van der Waals surface area contributed by atoms with Crippen molar-refractivity contribution in [2.24, 2.45) is 0 Å². The van der Waals surface area contributed by atoms with Gasteiger partial charge in [0.25, 0.3) is 5.91 Å². The highest BCUT2D eigenvalue weighted by Gasteiger charge is 2.20. The van der Waals surface area contributed by atoms with E-state index >= 15 is 0 Å². The Balaban J connectivity index is 2.21. The molecule has 1 amide bonds. The van der Waals surface area contributed by atoms with E-state index in [-0.39, 0.29) is 11.9 Å². The Morgan fingerprint density at radius 2 is 1.95 bits per heavy atom. The summed E-state index contributed by atoms with van der Waals surface area (Å²) in [5.41, 5.74) is 1.84. The Morgan fingerprint density at radius 3 is 2.50 bits per heavy atom. The Hall–Kier alpha value is -1.13. The standard InChI is InChI=1S/C16H18BrNOS/c1-10-5-7-13(9-14(10)17)16(19)18(4)12(3)15-8-6-11(2)20-15/h5-9,12H,1-4H3. The monoisotopic (exact) mass is 351 g/mol. The van der Waals surface area contributed by atoms with E-state index in [4.69, 9.17) is 0 Å². The molecule has 0 aliphatic carbocycles. The van der Waals surface area contributed by atoms with Crippen molar-refractivity contribution in [2.45, 2.75) is 26.8 Å². The predicted octanol–water partition coefficient (Wildman–Crippen LogP) is 4.96. The van der Waals surface area contributed by atoms with Gasteiger partial charge >= 0.3 is 0 Å². The molecule has 1 heterocycles. The van der Waals surface area contributed by atoms with Crippen LogP contribution in [0.3, 0.4) is 0 Å². The molecular weight excluding hydrogens is 334 g/mol. The number of hydrogen-bond donors (Lipinski definition) is 0. The molecule has 0 fully saturated rings. The molecule has 0 bridgehead atoms. The number of nitrogens with zero attached hydrogens (tertiary/aromatic N) is 1. The van der Waals surface area contributed by atoms with Crippen molar-refractivity contribution in [3.8, 4) is 0 Å². The van der Waals surface area contributed by atoms with Gasteiger partial charge in [0.1, 0.15) is 0 Å². The van der Waals surface area contributed by atoms with Crippen molar-refractivity contribution in [1.82, 2.24) is 4.90 Å². The molecule has 0 aliphatic heterocycles. The van der Waals surface area contributed by atoms with Crippen molar-refractivity contribution in [3.63, 3.8) is 0 Å². The molecule has 0 spiro atoms. The summed E-state index contributed by atoms with van der Waals surface area (Å²) < 4.78 is 0.969. The normalized spacial score (nSPS) is 12.2. The summed E-state index contributed by atoms with van der Waals surface area (Å²) in [6, 6.07) is 10.0. The number of benzene rings is 1. The van der Waals surface area contributed by atoms with Gasteiger partial charge in [-0.25, -0.2) is 0 Å². The van der Waals surface area contributed by atoms with Crippen molar-refractivity contribution < 1.29 is 4.79 Å². The Bertz CT molecular complexity index is 635. The van der Waals surface area contributed by atoms with Gasteiger partial charge in [-0.15, -0.1) is 11.3 Å². The average molecular weight is 352 g/mol. The molecule has 2 aromatic rings. The van der Waals surface area contributed by atoms with Gasteiger partial charge in [0, 0.05) is 26.8 Å². The van der Waals surface area contributed by atoms with Crippen molar-refractivity contribution in [2.75, 3.05) is 7.05 Å². The largest absolute Gasteiger partial charge is 0.334 e. The number of carbonyl (C=O) groups excluding carboxylic acids is 1. The number of halogens is 1. The third-order valence-corrected chi connectivity index (χ3v) is 5.52. The molecule has 0 saturated heterocycles. The lowest BCUT2D eigenvalue weighted by atomic mass is 10.1. The van der Waals surface area contributed by atoms with E-state index < -0.39 is 0 Å². The summed E-state index contributed by atoms with van der Waals surface area (Å²) >= 11 is 5.22. The van der Waals surface area contributed by atoms with E-state index in [2.05, 4.69) is 41.9 Å². The minimum atomic E-state index is 0.0456. The summed E-state index contributed by atoms with van der Waals surface area (Å²) in [6.07, 6.45) is 0. The molecule has 1 aromatic carbocycles. The van der Waals surface area contributed by atoms with E-state index in [0.717, 1.165) is 10.0 Å². The maximum atomic E-state index is 12.5. The van der Waals surface area contributed by atoms with Crippen LogP contribution in [0.2, 0.25) is 0 Å². The van der Waals surface area contributed by atoms with Gasteiger partial charge in [0.15, 0.2) is 0 Å². The third kappa shape index (κ3) is 3.13. The third-order valence-electron chi connectivity index (χ3n) is 3.49. The van der Waals surface area contributed by atoms with Gasteiger partial charge in [0.2, 0.25) is 0 Å². The van der Waals surface area contributed by atoms with Crippen LogP contribution in [0.1, 0.15) is 38.6 Å². The first-order chi connectivity index (χ1) is 9.40. The molecule has 1 unspecified atom stereocenters. The molecule has 2 nitrogen and oxygen atoms in total. The summed E-state index contributed by atoms with van der Waals surface area (Å²) in [7, 11) is 1.86. The van der Waals surface area contributed by atoms with Crippen LogP contribution in [0, 0.1) is 13.8 Å². The zero-order valence-corrected chi connectivity index (χ0v) is 14.5. The molecule has 106 valence electrons. The van der Waals surface area contributed by atoms with Crippen molar-refractivity contribution in [1.29, 1.82) is 0 Å². The zero-order valence-electron chi connectivity index (χ0n) is 12.1. The predicted molar refractivity (Wildman–Crippen MR) is 88.4 cm³/mol. The number of aryl methyl sites for hydroxylation is 2. The summed E-state index contributed by atoms with van der Waals surface area (Å²) in [5, 5.41) is 0. The Morgan fingerprint density at radius 1 is 1.25 bits per heavy atom. The SMILES string of the molecule is Cc1ccc(C(C)N(C)C(=O)c2ccc(C)c(Br)c2)s1. The Kier molecular flexibility index (Phi) is 4.66. The van der Waals surface area contributed by atoms with Crippen LogP contribution in [-0.4, -0.2) is 17.9 Å². The van der Waals surface area contributed by atoms with E-state index in [1.165, 1.54) is 9.75 Å². The number of rotatable bonds is 3. The molecular formula is C16H18BrNOS. The molecule has 0 aliphatic rings. The fourth-order valence-electron chi connectivity index (χ4n) is 1.97. The molecule has 20 heavy (non-hydrogen) atoms. The number of carbonyl (C=O) groups is 1. The van der Waals surface area contributed by atoms with Crippen LogP contribution >= 0.6 is 27.3 Å². The summed E-state index contributed by atoms with van der Waals surface area (Å²) in [6.45, 7) is 6.16. The van der Waals surface area contributed by atoms with Crippen LogP contribution in [0.5, 0.6) is 0 Å². The second-order valence-corrected chi connectivity index (χ2v) is 7.18. The minimum absolute atomic E-state index is 0.0456. The summed E-state index contributed by atoms with van der Waals surface area (Å²) in [4.78, 5) is 16.8. The number of thiophene rings is 1. The summed E-state index contributed by atoms with van der Waals surface area (Å²) in [5.74, 6) is 0.0456. The lowest BCUT2D eigenvalue weighted by molar-refractivity contribution is 0.0745. The lowest BCUT2D eigenvalue weighted by Gasteiger charge is -2.24. The maximum Gasteiger partial charge on any atom is 0.254 e. The van der Waals surface area contributed by atoms with Gasteiger partial charge in [-0.05, 0) is 50.6 Å². The van der Waals surface area contributed by atoms with Gasteiger partial charge in [0.05, 0.1) is 6.04 Å². The second kappa shape index (κ2) is 6.10. The van der Waals surface area contributed by atoms with Gasteiger partial charge in [-0.2, -0.15) is 0 Å². The molecule has 4 heteroatoms. The van der Waals surface area contributed by atoms with Crippen LogP contribution in [0.15, 0.2) is 34.8 Å². The van der Waals surface area contributed by atoms with Gasteiger partial charge < -0.3 is 4.90 Å². The Labute approximate surface area is 132 Å². The fraction of sp³-hybridized carbons (Fsp3) is 0.312. The van der Waals surface area contributed by atoms with Crippen LogP contribution < -0.4 is 0 Å². The molecule has 2 rings (SSSR count). The second-order valence-electron chi connectivity index (χ2n) is 5.00. The molecule has 1 atom stereocenters. The smallest absolute Gasteiger partial charge is 0.254 e. The van der Waals surface area contributed by atoms with Crippen LogP contribution in [-0.2, 0) is 0 Å². The maximum absolute atomic E-state index is 12.5. The van der Waals surface area contributed by atoms with Gasteiger partial charge in [-0.3, -0.25) is 4.79 Å². The first-order valence-electron chi connectivity index (χ1n) is 6.50. The average Bonchev–Trinajstić information content (AvgIpc) is 2.86. The molecule has 0 N–H and O–H groups in total. The first-order valence-corrected chi connectivity index (χ1v) is 8.10. The minimum Gasteiger partial charge on any atom is -0.334 e. The lowest BCUT2D eigenvalue weighted by Crippen LogP contribution is -2.29. The van der Waals surface area contributed by atoms with E-state index in [1.54, 1.807) is 16.2 Å². The highest BCUT2D eigenvalue weighted by atomic mass is 79.9. The highest BCUT2D eigenvalue weighted by Crippen LogP contribution is 2.28. The van der Waals surface area contributed by atoms with Crippen LogP contribution in [0.25, 0.3) is 0 Å². The van der Waals surface area contributed by atoms with E-state index in [0.29, 0.717) is 5.56 Å². The van der Waals surface area contributed by atoms with E-state index in [9.17, 15) is 4.79 Å². The zero-order chi connectivity index (χ0) is 14.9. The quantitative estimate of drug-likeness (QED) is 0.765. The molecule has 0 saturated carbocycles. The number of amides is 1. The highest BCUT2D eigenvalue weighted by molar-refractivity contribution is 9.10. The molecule has 1 aromatic heterocycles. The van der Waals surface area contributed by atoms with E-state index in [1.807, 2.05) is 32.2 Å².